The SMILES string of the molecule is CCCC(C)N(CC=Cc1ccccc1)S(=O)(=O)c1ccc(Cl)cc1. The summed E-state index contributed by atoms with van der Waals surface area (Å²) in [4.78, 5) is 0.271. The van der Waals surface area contributed by atoms with Crippen LogP contribution in [0.3, 0.4) is 0 Å². The van der Waals surface area contributed by atoms with Crippen LogP contribution in [-0.4, -0.2) is 25.3 Å². The highest BCUT2D eigenvalue weighted by atomic mass is 35.5. The summed E-state index contributed by atoms with van der Waals surface area (Å²) in [6, 6.07) is 16.1. The highest BCUT2D eigenvalue weighted by Crippen LogP contribution is 2.22. The number of rotatable bonds is 8. The maximum absolute atomic E-state index is 13.1. The Morgan fingerprint density at radius 3 is 2.32 bits per heavy atom. The number of halogens is 1. The van der Waals surface area contributed by atoms with Crippen LogP contribution in [0.1, 0.15) is 32.3 Å². The van der Waals surface area contributed by atoms with E-state index in [1.807, 2.05) is 49.4 Å². The van der Waals surface area contributed by atoms with Crippen molar-refractivity contribution < 1.29 is 8.42 Å². The van der Waals surface area contributed by atoms with E-state index in [1.165, 1.54) is 0 Å². The molecule has 2 aromatic rings. The number of benzene rings is 2. The normalized spacial score (nSPS) is 13.4. The molecule has 134 valence electrons. The summed E-state index contributed by atoms with van der Waals surface area (Å²) in [5, 5.41) is 0.524. The van der Waals surface area contributed by atoms with Gasteiger partial charge in [-0.1, -0.05) is 67.4 Å². The van der Waals surface area contributed by atoms with Crippen LogP contribution in [0.2, 0.25) is 5.02 Å². The maximum atomic E-state index is 13.1. The lowest BCUT2D eigenvalue weighted by atomic mass is 10.2. The monoisotopic (exact) mass is 377 g/mol. The average Bonchev–Trinajstić information content (AvgIpc) is 2.60. The minimum absolute atomic E-state index is 0.0777. The van der Waals surface area contributed by atoms with Crippen LogP contribution >= 0.6 is 11.6 Å². The maximum Gasteiger partial charge on any atom is 0.243 e. The van der Waals surface area contributed by atoms with Crippen LogP contribution < -0.4 is 0 Å². The second kappa shape index (κ2) is 9.18. The molecule has 0 aromatic heterocycles. The number of sulfonamides is 1. The van der Waals surface area contributed by atoms with Crippen LogP contribution in [-0.2, 0) is 10.0 Å². The lowest BCUT2D eigenvalue weighted by molar-refractivity contribution is 0.344. The second-order valence-electron chi connectivity index (χ2n) is 5.98. The molecule has 2 rings (SSSR count). The summed E-state index contributed by atoms with van der Waals surface area (Å²) in [7, 11) is -3.57. The van der Waals surface area contributed by atoms with Crippen molar-refractivity contribution in [1.29, 1.82) is 0 Å². The van der Waals surface area contributed by atoms with Gasteiger partial charge in [-0.05, 0) is 43.2 Å². The first-order chi connectivity index (χ1) is 11.9. The molecule has 1 unspecified atom stereocenters. The van der Waals surface area contributed by atoms with Gasteiger partial charge in [0.15, 0.2) is 0 Å². The quantitative estimate of drug-likeness (QED) is 0.631. The molecule has 0 bridgehead atoms. The average molecular weight is 378 g/mol. The van der Waals surface area contributed by atoms with Crippen LogP contribution in [0.5, 0.6) is 0 Å². The molecule has 0 saturated heterocycles. The minimum Gasteiger partial charge on any atom is -0.207 e. The van der Waals surface area contributed by atoms with Crippen molar-refractivity contribution in [1.82, 2.24) is 4.31 Å². The minimum atomic E-state index is -3.57. The largest absolute Gasteiger partial charge is 0.243 e. The van der Waals surface area contributed by atoms with Gasteiger partial charge in [-0.25, -0.2) is 8.42 Å². The lowest BCUT2D eigenvalue weighted by Crippen LogP contribution is -2.38. The lowest BCUT2D eigenvalue weighted by Gasteiger charge is -2.27. The molecule has 5 heteroatoms. The zero-order chi connectivity index (χ0) is 18.3. The molecule has 0 aliphatic rings. The van der Waals surface area contributed by atoms with Gasteiger partial charge in [-0.2, -0.15) is 4.31 Å². The fourth-order valence-electron chi connectivity index (χ4n) is 2.68. The van der Waals surface area contributed by atoms with Gasteiger partial charge in [0.1, 0.15) is 0 Å². The zero-order valence-electron chi connectivity index (χ0n) is 14.6. The Hall–Kier alpha value is -1.62. The van der Waals surface area contributed by atoms with E-state index < -0.39 is 10.0 Å². The van der Waals surface area contributed by atoms with E-state index in [0.717, 1.165) is 18.4 Å². The summed E-state index contributed by atoms with van der Waals surface area (Å²) in [6.07, 6.45) is 5.58. The van der Waals surface area contributed by atoms with Crippen molar-refractivity contribution in [2.24, 2.45) is 0 Å². The number of hydrogen-bond donors (Lipinski definition) is 0. The Morgan fingerprint density at radius 2 is 1.72 bits per heavy atom. The molecule has 0 amide bonds. The molecule has 0 aliphatic carbocycles. The Labute approximate surface area is 156 Å². The summed E-state index contributed by atoms with van der Waals surface area (Å²) >= 11 is 5.89. The summed E-state index contributed by atoms with van der Waals surface area (Å²) in [6.45, 7) is 4.34. The Bertz CT molecular complexity index is 786. The van der Waals surface area contributed by atoms with Crippen LogP contribution in [0.25, 0.3) is 6.08 Å². The molecule has 0 radical (unpaired) electrons. The van der Waals surface area contributed by atoms with E-state index in [0.29, 0.717) is 11.6 Å². The van der Waals surface area contributed by atoms with Gasteiger partial charge in [0.2, 0.25) is 10.0 Å². The molecule has 3 nitrogen and oxygen atoms in total. The number of hydrogen-bond acceptors (Lipinski definition) is 2. The highest BCUT2D eigenvalue weighted by molar-refractivity contribution is 7.89. The van der Waals surface area contributed by atoms with E-state index in [9.17, 15) is 8.42 Å². The van der Waals surface area contributed by atoms with Gasteiger partial charge in [0, 0.05) is 17.6 Å². The van der Waals surface area contributed by atoms with Crippen molar-refractivity contribution in [2.75, 3.05) is 6.54 Å². The van der Waals surface area contributed by atoms with E-state index in [-0.39, 0.29) is 10.9 Å². The van der Waals surface area contributed by atoms with Crippen molar-refractivity contribution in [3.63, 3.8) is 0 Å². The molecule has 2 aromatic carbocycles. The molecular formula is C20H24ClNO2S. The first kappa shape index (κ1) is 19.7. The van der Waals surface area contributed by atoms with Gasteiger partial charge in [0.05, 0.1) is 4.90 Å². The predicted octanol–water partition coefficient (Wildman–Crippen LogP) is 5.23. The first-order valence-electron chi connectivity index (χ1n) is 8.44. The zero-order valence-corrected chi connectivity index (χ0v) is 16.2. The van der Waals surface area contributed by atoms with Gasteiger partial charge in [-0.15, -0.1) is 0 Å². The molecule has 0 saturated carbocycles. The van der Waals surface area contributed by atoms with E-state index >= 15 is 0 Å². The highest BCUT2D eigenvalue weighted by Gasteiger charge is 2.27. The molecule has 0 heterocycles. The van der Waals surface area contributed by atoms with E-state index in [4.69, 9.17) is 11.6 Å². The first-order valence-corrected chi connectivity index (χ1v) is 10.3. The van der Waals surface area contributed by atoms with Crippen molar-refractivity contribution in [3.8, 4) is 0 Å². The fraction of sp³-hybridized carbons (Fsp3) is 0.300. The second-order valence-corrected chi connectivity index (χ2v) is 8.31. The molecule has 0 aliphatic heterocycles. The number of nitrogens with zero attached hydrogens (tertiary/aromatic N) is 1. The topological polar surface area (TPSA) is 37.4 Å². The molecular weight excluding hydrogens is 354 g/mol. The van der Waals surface area contributed by atoms with Crippen molar-refractivity contribution in [2.45, 2.75) is 37.6 Å². The predicted molar refractivity (Wildman–Crippen MR) is 105 cm³/mol. The van der Waals surface area contributed by atoms with Crippen LogP contribution in [0.15, 0.2) is 65.6 Å². The summed E-state index contributed by atoms with van der Waals surface area (Å²) in [5.41, 5.74) is 1.05. The van der Waals surface area contributed by atoms with Crippen LogP contribution in [0, 0.1) is 0 Å². The fourth-order valence-corrected chi connectivity index (χ4v) is 4.41. The Morgan fingerprint density at radius 1 is 1.08 bits per heavy atom. The Balaban J connectivity index is 2.25. The van der Waals surface area contributed by atoms with Gasteiger partial charge < -0.3 is 0 Å². The third-order valence-electron chi connectivity index (χ3n) is 4.01. The van der Waals surface area contributed by atoms with Gasteiger partial charge >= 0.3 is 0 Å². The molecule has 1 atom stereocenters. The third kappa shape index (κ3) is 5.43. The van der Waals surface area contributed by atoms with Crippen molar-refractivity contribution in [3.05, 3.63) is 71.3 Å². The van der Waals surface area contributed by atoms with Crippen LogP contribution in [0.4, 0.5) is 0 Å². The Kier molecular flexibility index (Phi) is 7.24. The summed E-state index contributed by atoms with van der Waals surface area (Å²) in [5.74, 6) is 0. The molecule has 0 spiro atoms. The van der Waals surface area contributed by atoms with Crippen molar-refractivity contribution >= 4 is 27.7 Å². The smallest absolute Gasteiger partial charge is 0.207 e. The van der Waals surface area contributed by atoms with Gasteiger partial charge in [0.25, 0.3) is 0 Å². The molecule has 0 fully saturated rings. The molecule has 0 N–H and O–H groups in total. The third-order valence-corrected chi connectivity index (χ3v) is 6.26. The summed E-state index contributed by atoms with van der Waals surface area (Å²) < 4.78 is 27.7. The van der Waals surface area contributed by atoms with E-state index in [1.54, 1.807) is 28.6 Å². The standard InChI is InChI=1S/C20H24ClNO2S/c1-3-8-17(2)22(16-7-11-18-9-5-4-6-10-18)25(23,24)20-14-12-19(21)13-15-20/h4-7,9-15,17H,3,8,16H2,1-2H3. The van der Waals surface area contributed by atoms with Gasteiger partial charge in [-0.3, -0.25) is 0 Å². The molecule has 25 heavy (non-hydrogen) atoms. The van der Waals surface area contributed by atoms with E-state index in [2.05, 4.69) is 6.92 Å².